The van der Waals surface area contributed by atoms with E-state index < -0.39 is 0 Å². The Hall–Kier alpha value is -3.56. The molecule has 1 fully saturated rings. The number of hydrogen-bond acceptors (Lipinski definition) is 8. The van der Waals surface area contributed by atoms with Crippen LogP contribution in [0.25, 0.3) is 5.78 Å². The summed E-state index contributed by atoms with van der Waals surface area (Å²) in [6.45, 7) is 8.42. The number of aryl methyl sites for hydroxylation is 2. The maximum atomic E-state index is 13.0. The van der Waals surface area contributed by atoms with Crippen LogP contribution < -0.4 is 4.90 Å². The van der Waals surface area contributed by atoms with E-state index in [1.165, 1.54) is 6.20 Å². The number of carbonyl (C=O) groups excluding carboxylic acids is 2. The van der Waals surface area contributed by atoms with Crippen molar-refractivity contribution >= 4 is 23.5 Å². The number of carbonyl (C=O) groups is 2. The molecule has 31 heavy (non-hydrogen) atoms. The summed E-state index contributed by atoms with van der Waals surface area (Å²) in [4.78, 5) is 41.8. The van der Waals surface area contributed by atoms with Gasteiger partial charge in [0.25, 0.3) is 11.7 Å². The zero-order chi connectivity index (χ0) is 22.0. The summed E-state index contributed by atoms with van der Waals surface area (Å²) in [5.74, 6) is 0.780. The molecule has 0 radical (unpaired) electrons. The Kier molecular flexibility index (Phi) is 5.79. The minimum absolute atomic E-state index is 0.159. The number of rotatable bonds is 4. The highest BCUT2D eigenvalue weighted by molar-refractivity contribution is 5.91. The van der Waals surface area contributed by atoms with Crippen molar-refractivity contribution in [2.75, 3.05) is 37.7 Å². The summed E-state index contributed by atoms with van der Waals surface area (Å²) in [5.41, 5.74) is 2.14. The Bertz CT molecular complexity index is 1110. The number of nitrogens with zero attached hydrogens (tertiary/aromatic N) is 7. The maximum Gasteiger partial charge on any atom is 0.339 e. The van der Waals surface area contributed by atoms with E-state index in [0.717, 1.165) is 30.2 Å². The molecule has 1 aliphatic heterocycles. The third kappa shape index (κ3) is 4.32. The molecule has 0 atom stereocenters. The average Bonchev–Trinajstić information content (AvgIpc) is 3.03. The zero-order valence-electron chi connectivity index (χ0n) is 17.9. The molecule has 4 heterocycles. The molecule has 0 unspecified atom stereocenters. The first-order chi connectivity index (χ1) is 15.0. The van der Waals surface area contributed by atoms with E-state index in [4.69, 9.17) is 4.74 Å². The molecule has 10 heteroatoms. The number of amides is 1. The van der Waals surface area contributed by atoms with Crippen molar-refractivity contribution in [3.05, 3.63) is 47.2 Å². The van der Waals surface area contributed by atoms with Gasteiger partial charge in [-0.3, -0.25) is 4.79 Å². The van der Waals surface area contributed by atoms with E-state index in [9.17, 15) is 9.59 Å². The van der Waals surface area contributed by atoms with Gasteiger partial charge in [-0.15, -0.1) is 5.10 Å². The van der Waals surface area contributed by atoms with Gasteiger partial charge in [-0.2, -0.15) is 4.98 Å². The topological polar surface area (TPSA) is 106 Å². The van der Waals surface area contributed by atoms with Gasteiger partial charge in [-0.1, -0.05) is 0 Å². The van der Waals surface area contributed by atoms with Gasteiger partial charge in [0.2, 0.25) is 5.82 Å². The molecule has 10 nitrogen and oxygen atoms in total. The largest absolute Gasteiger partial charge is 0.462 e. The molecule has 0 aromatic carbocycles. The molecule has 0 N–H and O–H groups in total. The first kappa shape index (κ1) is 20.7. The van der Waals surface area contributed by atoms with Crippen molar-refractivity contribution < 1.29 is 14.3 Å². The number of fused-ring (bicyclic) bond motifs is 1. The van der Waals surface area contributed by atoms with Crippen molar-refractivity contribution in [2.45, 2.75) is 27.2 Å². The number of esters is 1. The van der Waals surface area contributed by atoms with Crippen LogP contribution in [0.5, 0.6) is 0 Å². The SMILES string of the molecule is CCOC(=O)c1ccc(N2CCCN(C(=O)c3nc4nc(C)cc(C)n4n3)CC2)nc1. The molecule has 0 spiro atoms. The molecule has 3 aromatic rings. The van der Waals surface area contributed by atoms with Crippen LogP contribution in [0, 0.1) is 13.8 Å². The zero-order valence-corrected chi connectivity index (χ0v) is 17.9. The molecular formula is C21H25N7O3. The fraction of sp³-hybridized carbons (Fsp3) is 0.429. The number of pyridine rings is 1. The lowest BCUT2D eigenvalue weighted by atomic mass is 10.2. The predicted molar refractivity (Wildman–Crippen MR) is 113 cm³/mol. The molecule has 1 saturated heterocycles. The summed E-state index contributed by atoms with van der Waals surface area (Å²) in [5, 5.41) is 4.36. The predicted octanol–water partition coefficient (Wildman–Crippen LogP) is 1.67. The Morgan fingerprint density at radius 3 is 2.68 bits per heavy atom. The first-order valence-corrected chi connectivity index (χ1v) is 10.3. The third-order valence-electron chi connectivity index (χ3n) is 5.18. The number of ether oxygens (including phenoxy) is 1. The van der Waals surface area contributed by atoms with Gasteiger partial charge in [-0.05, 0) is 45.4 Å². The van der Waals surface area contributed by atoms with Gasteiger partial charge in [0.05, 0.1) is 12.2 Å². The molecule has 0 saturated carbocycles. The minimum atomic E-state index is -0.380. The van der Waals surface area contributed by atoms with E-state index in [2.05, 4.69) is 25.0 Å². The third-order valence-corrected chi connectivity index (χ3v) is 5.18. The number of anilines is 1. The standard InChI is InChI=1S/C21H25N7O3/c1-4-31-20(30)16-6-7-17(22-13-16)26-8-5-9-27(11-10-26)19(29)18-24-21-23-14(2)12-15(3)28(21)25-18/h6-7,12-13H,4-5,8-11H2,1-3H3. The van der Waals surface area contributed by atoms with Crippen molar-refractivity contribution in [3.8, 4) is 0 Å². The summed E-state index contributed by atoms with van der Waals surface area (Å²) < 4.78 is 6.59. The normalized spacial score (nSPS) is 14.5. The van der Waals surface area contributed by atoms with Crippen molar-refractivity contribution in [1.29, 1.82) is 0 Å². The average molecular weight is 423 g/mol. The van der Waals surface area contributed by atoms with Crippen molar-refractivity contribution in [1.82, 2.24) is 29.5 Å². The summed E-state index contributed by atoms with van der Waals surface area (Å²) >= 11 is 0. The Morgan fingerprint density at radius 1 is 1.10 bits per heavy atom. The number of aromatic nitrogens is 5. The molecule has 1 amide bonds. The van der Waals surface area contributed by atoms with E-state index in [0.29, 0.717) is 37.6 Å². The Balaban J connectivity index is 1.45. The molecule has 1 aliphatic rings. The highest BCUT2D eigenvalue weighted by atomic mass is 16.5. The lowest BCUT2D eigenvalue weighted by Gasteiger charge is -2.22. The van der Waals surface area contributed by atoms with Gasteiger partial charge in [0, 0.05) is 43.8 Å². The fourth-order valence-corrected chi connectivity index (χ4v) is 3.66. The monoisotopic (exact) mass is 423 g/mol. The Labute approximate surface area is 179 Å². The van der Waals surface area contributed by atoms with Gasteiger partial charge in [-0.25, -0.2) is 19.3 Å². The smallest absolute Gasteiger partial charge is 0.339 e. The van der Waals surface area contributed by atoms with Crippen molar-refractivity contribution in [3.63, 3.8) is 0 Å². The number of hydrogen-bond donors (Lipinski definition) is 0. The van der Waals surface area contributed by atoms with Gasteiger partial charge < -0.3 is 14.5 Å². The quantitative estimate of drug-likeness (QED) is 0.584. The fourth-order valence-electron chi connectivity index (χ4n) is 3.66. The van der Waals surface area contributed by atoms with Crippen molar-refractivity contribution in [2.24, 2.45) is 0 Å². The summed E-state index contributed by atoms with van der Waals surface area (Å²) in [7, 11) is 0. The highest BCUT2D eigenvalue weighted by Crippen LogP contribution is 2.16. The van der Waals surface area contributed by atoms with Crippen LogP contribution in [0.15, 0.2) is 24.4 Å². The molecule has 0 bridgehead atoms. The molecular weight excluding hydrogens is 398 g/mol. The van der Waals surface area contributed by atoms with Crippen LogP contribution in [0.2, 0.25) is 0 Å². The van der Waals surface area contributed by atoms with Crippen LogP contribution in [-0.4, -0.2) is 74.1 Å². The molecule has 0 aliphatic carbocycles. The lowest BCUT2D eigenvalue weighted by Crippen LogP contribution is -2.36. The summed E-state index contributed by atoms with van der Waals surface area (Å²) in [6.07, 6.45) is 2.32. The van der Waals surface area contributed by atoms with Crippen LogP contribution >= 0.6 is 0 Å². The maximum absolute atomic E-state index is 13.0. The molecule has 4 rings (SSSR count). The van der Waals surface area contributed by atoms with E-state index >= 15 is 0 Å². The highest BCUT2D eigenvalue weighted by Gasteiger charge is 2.24. The van der Waals surface area contributed by atoms with Gasteiger partial charge in [0.15, 0.2) is 0 Å². The van der Waals surface area contributed by atoms with Crippen LogP contribution in [-0.2, 0) is 4.74 Å². The Morgan fingerprint density at radius 2 is 1.94 bits per heavy atom. The van der Waals surface area contributed by atoms with E-state index in [1.54, 1.807) is 22.4 Å². The second kappa shape index (κ2) is 8.66. The van der Waals surface area contributed by atoms with Gasteiger partial charge >= 0.3 is 5.97 Å². The first-order valence-electron chi connectivity index (χ1n) is 10.3. The second-order valence-electron chi connectivity index (χ2n) is 7.44. The van der Waals surface area contributed by atoms with E-state index in [1.807, 2.05) is 26.0 Å². The van der Waals surface area contributed by atoms with E-state index in [-0.39, 0.29) is 17.7 Å². The van der Waals surface area contributed by atoms with Crippen LogP contribution in [0.4, 0.5) is 5.82 Å². The van der Waals surface area contributed by atoms with Gasteiger partial charge in [0.1, 0.15) is 5.82 Å². The molecule has 3 aromatic heterocycles. The minimum Gasteiger partial charge on any atom is -0.462 e. The molecule has 162 valence electrons. The van der Waals surface area contributed by atoms with Crippen LogP contribution in [0.3, 0.4) is 0 Å². The second-order valence-corrected chi connectivity index (χ2v) is 7.44. The lowest BCUT2D eigenvalue weighted by molar-refractivity contribution is 0.0525. The van der Waals surface area contributed by atoms with Crippen LogP contribution in [0.1, 0.15) is 45.7 Å². The summed E-state index contributed by atoms with van der Waals surface area (Å²) in [6, 6.07) is 5.43.